The molecule has 1 heterocycles. The second-order valence-corrected chi connectivity index (χ2v) is 4.04. The molecule has 0 unspecified atom stereocenters. The summed E-state index contributed by atoms with van der Waals surface area (Å²) in [6.45, 7) is 2.57. The molecule has 1 aromatic rings. The SMILES string of the molecule is COCc1cc(Br)c(Br)nc1C. The molecule has 4 heteroatoms. The van der Waals surface area contributed by atoms with Gasteiger partial charge in [-0.1, -0.05) is 0 Å². The van der Waals surface area contributed by atoms with Crippen molar-refractivity contribution in [1.29, 1.82) is 0 Å². The minimum absolute atomic E-state index is 0.602. The van der Waals surface area contributed by atoms with Crippen molar-refractivity contribution in [3.8, 4) is 0 Å². The Morgan fingerprint density at radius 1 is 1.50 bits per heavy atom. The molecule has 0 fully saturated rings. The zero-order valence-electron chi connectivity index (χ0n) is 6.90. The van der Waals surface area contributed by atoms with Crippen molar-refractivity contribution < 1.29 is 4.74 Å². The maximum atomic E-state index is 5.03. The summed E-state index contributed by atoms with van der Waals surface area (Å²) >= 11 is 6.72. The highest BCUT2D eigenvalue weighted by Crippen LogP contribution is 2.23. The van der Waals surface area contributed by atoms with Gasteiger partial charge in [-0.15, -0.1) is 0 Å². The molecule has 0 saturated heterocycles. The minimum Gasteiger partial charge on any atom is -0.380 e. The molecule has 0 N–H and O–H groups in total. The lowest BCUT2D eigenvalue weighted by Crippen LogP contribution is -1.95. The smallest absolute Gasteiger partial charge is 0.120 e. The summed E-state index contributed by atoms with van der Waals surface area (Å²) in [4.78, 5) is 4.28. The number of rotatable bonds is 2. The third-order valence-corrected chi connectivity index (χ3v) is 3.27. The molecule has 1 rings (SSSR count). The number of nitrogens with zero attached hydrogens (tertiary/aromatic N) is 1. The van der Waals surface area contributed by atoms with Gasteiger partial charge in [-0.3, -0.25) is 0 Å². The van der Waals surface area contributed by atoms with Gasteiger partial charge in [0.15, 0.2) is 0 Å². The van der Waals surface area contributed by atoms with Crippen molar-refractivity contribution in [1.82, 2.24) is 4.98 Å². The summed E-state index contributed by atoms with van der Waals surface area (Å²) in [6.07, 6.45) is 0. The fraction of sp³-hybridized carbons (Fsp3) is 0.375. The van der Waals surface area contributed by atoms with E-state index in [0.717, 1.165) is 20.3 Å². The van der Waals surface area contributed by atoms with Crippen LogP contribution >= 0.6 is 31.9 Å². The van der Waals surface area contributed by atoms with E-state index in [1.165, 1.54) is 0 Å². The van der Waals surface area contributed by atoms with E-state index >= 15 is 0 Å². The zero-order valence-corrected chi connectivity index (χ0v) is 10.1. The standard InChI is InChI=1S/C8H9Br2NO/c1-5-6(4-12-2)3-7(9)8(10)11-5/h3H,4H2,1-2H3. The van der Waals surface area contributed by atoms with E-state index in [0.29, 0.717) is 6.61 Å². The largest absolute Gasteiger partial charge is 0.380 e. The van der Waals surface area contributed by atoms with Crippen LogP contribution in [0.4, 0.5) is 0 Å². The van der Waals surface area contributed by atoms with Crippen molar-refractivity contribution in [3.63, 3.8) is 0 Å². The van der Waals surface area contributed by atoms with Gasteiger partial charge in [0, 0.05) is 18.4 Å². The monoisotopic (exact) mass is 293 g/mol. The maximum Gasteiger partial charge on any atom is 0.120 e. The average Bonchev–Trinajstić information content (AvgIpc) is 2.01. The third-order valence-electron chi connectivity index (χ3n) is 1.53. The predicted molar refractivity (Wildman–Crippen MR) is 55.1 cm³/mol. The van der Waals surface area contributed by atoms with E-state index < -0.39 is 0 Å². The molecule has 66 valence electrons. The zero-order chi connectivity index (χ0) is 9.14. The fourth-order valence-corrected chi connectivity index (χ4v) is 1.64. The molecule has 0 aromatic carbocycles. The van der Waals surface area contributed by atoms with Crippen molar-refractivity contribution >= 4 is 31.9 Å². The molecule has 12 heavy (non-hydrogen) atoms. The Bertz CT molecular complexity index is 289. The molecular formula is C8H9Br2NO. The Kier molecular flexibility index (Phi) is 3.68. The van der Waals surface area contributed by atoms with E-state index in [2.05, 4.69) is 36.8 Å². The van der Waals surface area contributed by atoms with Crippen LogP contribution in [0.25, 0.3) is 0 Å². The Morgan fingerprint density at radius 2 is 2.17 bits per heavy atom. The molecule has 0 bridgehead atoms. The van der Waals surface area contributed by atoms with Crippen LogP contribution in [-0.4, -0.2) is 12.1 Å². The highest BCUT2D eigenvalue weighted by Gasteiger charge is 2.04. The van der Waals surface area contributed by atoms with E-state index in [4.69, 9.17) is 4.74 Å². The van der Waals surface area contributed by atoms with Crippen LogP contribution in [0.5, 0.6) is 0 Å². The predicted octanol–water partition coefficient (Wildman–Crippen LogP) is 3.06. The van der Waals surface area contributed by atoms with Gasteiger partial charge < -0.3 is 4.74 Å². The number of hydrogen-bond donors (Lipinski definition) is 0. The number of pyridine rings is 1. The summed E-state index contributed by atoms with van der Waals surface area (Å²) in [5, 5.41) is 0. The van der Waals surface area contributed by atoms with Crippen molar-refractivity contribution in [2.24, 2.45) is 0 Å². The highest BCUT2D eigenvalue weighted by molar-refractivity contribution is 9.13. The van der Waals surface area contributed by atoms with E-state index in [-0.39, 0.29) is 0 Å². The Balaban J connectivity index is 3.05. The molecule has 0 radical (unpaired) electrons. The Hall–Kier alpha value is 0.0700. The van der Waals surface area contributed by atoms with Crippen LogP contribution in [0.15, 0.2) is 15.1 Å². The molecule has 2 nitrogen and oxygen atoms in total. The highest BCUT2D eigenvalue weighted by atomic mass is 79.9. The lowest BCUT2D eigenvalue weighted by Gasteiger charge is -2.05. The lowest BCUT2D eigenvalue weighted by molar-refractivity contribution is 0.184. The van der Waals surface area contributed by atoms with E-state index in [1.54, 1.807) is 7.11 Å². The second kappa shape index (κ2) is 4.35. The Morgan fingerprint density at radius 3 is 2.75 bits per heavy atom. The number of methoxy groups -OCH3 is 1. The van der Waals surface area contributed by atoms with E-state index in [1.807, 2.05) is 13.0 Å². The van der Waals surface area contributed by atoms with Crippen molar-refractivity contribution in [2.75, 3.05) is 7.11 Å². The van der Waals surface area contributed by atoms with Crippen LogP contribution in [0, 0.1) is 6.92 Å². The topological polar surface area (TPSA) is 22.1 Å². The van der Waals surface area contributed by atoms with Gasteiger partial charge in [-0.2, -0.15) is 0 Å². The molecule has 0 aliphatic heterocycles. The summed E-state index contributed by atoms with van der Waals surface area (Å²) in [6, 6.07) is 2.01. The Labute approximate surface area is 88.6 Å². The number of halogens is 2. The van der Waals surface area contributed by atoms with Gasteiger partial charge in [0.05, 0.1) is 11.1 Å². The normalized spacial score (nSPS) is 10.3. The van der Waals surface area contributed by atoms with Crippen LogP contribution in [-0.2, 0) is 11.3 Å². The van der Waals surface area contributed by atoms with Crippen LogP contribution in [0.3, 0.4) is 0 Å². The van der Waals surface area contributed by atoms with Gasteiger partial charge in [-0.05, 0) is 44.8 Å². The first kappa shape index (κ1) is 10.2. The van der Waals surface area contributed by atoms with Crippen LogP contribution in [0.1, 0.15) is 11.3 Å². The molecule has 1 aromatic heterocycles. The molecule has 0 spiro atoms. The maximum absolute atomic E-state index is 5.03. The number of hydrogen-bond acceptors (Lipinski definition) is 2. The molecule has 0 atom stereocenters. The van der Waals surface area contributed by atoms with Gasteiger partial charge in [0.1, 0.15) is 4.60 Å². The first-order valence-corrected chi connectivity index (χ1v) is 5.04. The van der Waals surface area contributed by atoms with Gasteiger partial charge in [-0.25, -0.2) is 4.98 Å². The van der Waals surface area contributed by atoms with E-state index in [9.17, 15) is 0 Å². The minimum atomic E-state index is 0.602. The molecule has 0 aliphatic rings. The molecule has 0 aliphatic carbocycles. The van der Waals surface area contributed by atoms with Crippen LogP contribution < -0.4 is 0 Å². The van der Waals surface area contributed by atoms with Gasteiger partial charge in [0.25, 0.3) is 0 Å². The number of aromatic nitrogens is 1. The third kappa shape index (κ3) is 2.28. The quantitative estimate of drug-likeness (QED) is 0.782. The lowest BCUT2D eigenvalue weighted by atomic mass is 10.2. The van der Waals surface area contributed by atoms with Gasteiger partial charge in [0.2, 0.25) is 0 Å². The second-order valence-electron chi connectivity index (χ2n) is 2.44. The average molecular weight is 295 g/mol. The summed E-state index contributed by atoms with van der Waals surface area (Å²) in [5.74, 6) is 0. The number of aryl methyl sites for hydroxylation is 1. The summed E-state index contributed by atoms with van der Waals surface area (Å²) in [7, 11) is 1.68. The van der Waals surface area contributed by atoms with Gasteiger partial charge >= 0.3 is 0 Å². The molecular weight excluding hydrogens is 286 g/mol. The fourth-order valence-electron chi connectivity index (χ4n) is 0.891. The van der Waals surface area contributed by atoms with Crippen LogP contribution in [0.2, 0.25) is 0 Å². The molecule has 0 amide bonds. The molecule has 0 saturated carbocycles. The number of ether oxygens (including phenoxy) is 1. The summed E-state index contributed by atoms with van der Waals surface area (Å²) in [5.41, 5.74) is 2.10. The first-order chi connectivity index (χ1) is 5.65. The first-order valence-electron chi connectivity index (χ1n) is 3.45. The van der Waals surface area contributed by atoms with Crippen molar-refractivity contribution in [2.45, 2.75) is 13.5 Å². The summed E-state index contributed by atoms with van der Waals surface area (Å²) < 4.78 is 6.82. The van der Waals surface area contributed by atoms with Crippen molar-refractivity contribution in [3.05, 3.63) is 26.4 Å².